The number of thiophene rings is 1. The van der Waals surface area contributed by atoms with Crippen molar-refractivity contribution in [1.29, 1.82) is 0 Å². The Bertz CT molecular complexity index is 783. The number of hydrogen-bond acceptors (Lipinski definition) is 4. The molecule has 0 unspecified atom stereocenters. The van der Waals surface area contributed by atoms with Crippen LogP contribution in [0.4, 0.5) is 5.69 Å². The van der Waals surface area contributed by atoms with E-state index in [4.69, 9.17) is 0 Å². The minimum absolute atomic E-state index is 0.153. The fourth-order valence-corrected chi connectivity index (χ4v) is 4.31. The Labute approximate surface area is 141 Å². The van der Waals surface area contributed by atoms with Crippen molar-refractivity contribution >= 4 is 48.9 Å². The van der Waals surface area contributed by atoms with E-state index in [1.54, 1.807) is 18.2 Å². The van der Waals surface area contributed by atoms with E-state index in [0.29, 0.717) is 10.6 Å². The van der Waals surface area contributed by atoms with Crippen LogP contribution in [0, 0.1) is 0 Å². The molecule has 0 aliphatic heterocycles. The Morgan fingerprint density at radius 3 is 2.41 bits per heavy atom. The predicted molar refractivity (Wildman–Crippen MR) is 92.0 cm³/mol. The molecule has 0 spiro atoms. The molecule has 1 amide bonds. The summed E-state index contributed by atoms with van der Waals surface area (Å²) in [4.78, 5) is 14.1. The number of nitrogens with one attached hydrogen (secondary N) is 2. The molecule has 0 bridgehead atoms. The lowest BCUT2D eigenvalue weighted by Gasteiger charge is -2.06. The molecule has 0 aliphatic carbocycles. The van der Waals surface area contributed by atoms with Crippen LogP contribution in [0.25, 0.3) is 0 Å². The van der Waals surface area contributed by atoms with Crippen LogP contribution in [0.2, 0.25) is 0 Å². The first kappa shape index (κ1) is 17.1. The van der Waals surface area contributed by atoms with Gasteiger partial charge < -0.3 is 5.32 Å². The number of benzene rings is 1. The van der Waals surface area contributed by atoms with E-state index < -0.39 is 10.0 Å². The van der Waals surface area contributed by atoms with E-state index in [1.807, 2.05) is 6.92 Å². The molecule has 0 radical (unpaired) electrons. The normalized spacial score (nSPS) is 11.4. The first-order chi connectivity index (χ1) is 10.4. The highest BCUT2D eigenvalue weighted by atomic mass is 79.9. The SMILES string of the molecule is CCc1sc(C(=O)Nc2ccc(S(=O)(=O)NC)cc2)cc1Br. The predicted octanol–water partition coefficient (Wildman–Crippen LogP) is 3.23. The Morgan fingerprint density at radius 1 is 1.27 bits per heavy atom. The highest BCUT2D eigenvalue weighted by molar-refractivity contribution is 9.10. The Hall–Kier alpha value is -1.22. The number of sulfonamides is 1. The molecule has 1 aromatic heterocycles. The summed E-state index contributed by atoms with van der Waals surface area (Å²) in [6.45, 7) is 2.03. The molecule has 0 atom stereocenters. The van der Waals surface area contributed by atoms with Gasteiger partial charge in [-0.2, -0.15) is 0 Å². The zero-order valence-electron chi connectivity index (χ0n) is 12.0. The number of halogens is 1. The van der Waals surface area contributed by atoms with Crippen molar-refractivity contribution in [2.24, 2.45) is 0 Å². The molecule has 2 rings (SSSR count). The van der Waals surface area contributed by atoms with Gasteiger partial charge in [0.2, 0.25) is 10.0 Å². The maximum absolute atomic E-state index is 12.2. The van der Waals surface area contributed by atoms with E-state index >= 15 is 0 Å². The third-order valence-electron chi connectivity index (χ3n) is 2.99. The molecular formula is C14H15BrN2O3S2. The number of carbonyl (C=O) groups excluding carboxylic acids is 1. The summed E-state index contributed by atoms with van der Waals surface area (Å²) >= 11 is 4.86. The molecule has 1 aromatic carbocycles. The van der Waals surface area contributed by atoms with Gasteiger partial charge in [-0.3, -0.25) is 4.79 Å². The van der Waals surface area contributed by atoms with Gasteiger partial charge in [0, 0.05) is 15.0 Å². The number of aryl methyl sites for hydroxylation is 1. The van der Waals surface area contributed by atoms with Gasteiger partial charge in [-0.15, -0.1) is 11.3 Å². The molecule has 0 aliphatic rings. The van der Waals surface area contributed by atoms with Crippen molar-refractivity contribution in [1.82, 2.24) is 4.72 Å². The minimum Gasteiger partial charge on any atom is -0.321 e. The van der Waals surface area contributed by atoms with Gasteiger partial charge in [0.05, 0.1) is 9.77 Å². The Morgan fingerprint density at radius 2 is 1.91 bits per heavy atom. The number of amides is 1. The van der Waals surface area contributed by atoms with Crippen LogP contribution in [0.15, 0.2) is 39.7 Å². The van der Waals surface area contributed by atoms with Gasteiger partial charge in [-0.05, 0) is 59.7 Å². The largest absolute Gasteiger partial charge is 0.321 e. The summed E-state index contributed by atoms with van der Waals surface area (Å²) in [6, 6.07) is 7.81. The van der Waals surface area contributed by atoms with Gasteiger partial charge >= 0.3 is 0 Å². The quantitative estimate of drug-likeness (QED) is 0.805. The second kappa shape index (κ2) is 6.91. The summed E-state index contributed by atoms with van der Waals surface area (Å²) < 4.78 is 26.4. The number of carbonyl (C=O) groups is 1. The monoisotopic (exact) mass is 402 g/mol. The molecule has 1 heterocycles. The van der Waals surface area contributed by atoms with Crippen molar-refractivity contribution in [3.63, 3.8) is 0 Å². The van der Waals surface area contributed by atoms with Crippen LogP contribution in [0.1, 0.15) is 21.5 Å². The average Bonchev–Trinajstić information content (AvgIpc) is 2.89. The molecule has 8 heteroatoms. The van der Waals surface area contributed by atoms with Gasteiger partial charge in [0.1, 0.15) is 0 Å². The Balaban J connectivity index is 2.15. The molecule has 0 saturated carbocycles. The molecule has 0 saturated heterocycles. The first-order valence-electron chi connectivity index (χ1n) is 6.50. The summed E-state index contributed by atoms with van der Waals surface area (Å²) in [5.74, 6) is -0.213. The molecule has 2 N–H and O–H groups in total. The third kappa shape index (κ3) is 3.75. The van der Waals surface area contributed by atoms with Crippen molar-refractivity contribution in [2.45, 2.75) is 18.2 Å². The van der Waals surface area contributed by atoms with Gasteiger partial charge in [-0.1, -0.05) is 6.92 Å². The average molecular weight is 403 g/mol. The minimum atomic E-state index is -3.47. The summed E-state index contributed by atoms with van der Waals surface area (Å²) in [5, 5.41) is 2.75. The topological polar surface area (TPSA) is 75.3 Å². The van der Waals surface area contributed by atoms with Crippen molar-refractivity contribution in [3.8, 4) is 0 Å². The third-order valence-corrected chi connectivity index (χ3v) is 6.67. The van der Waals surface area contributed by atoms with Crippen LogP contribution in [0.5, 0.6) is 0 Å². The highest BCUT2D eigenvalue weighted by Gasteiger charge is 2.14. The number of anilines is 1. The van der Waals surface area contributed by atoms with Crippen molar-refractivity contribution < 1.29 is 13.2 Å². The standard InChI is InChI=1S/C14H15BrN2O3S2/c1-3-12-11(15)8-13(21-12)14(18)17-9-4-6-10(7-5-9)22(19,20)16-2/h4-8,16H,3H2,1-2H3,(H,17,18). The van der Waals surface area contributed by atoms with E-state index in [1.165, 1.54) is 30.5 Å². The van der Waals surface area contributed by atoms with Crippen LogP contribution in [-0.4, -0.2) is 21.4 Å². The number of rotatable bonds is 5. The second-order valence-electron chi connectivity index (χ2n) is 4.42. The zero-order valence-corrected chi connectivity index (χ0v) is 15.2. The zero-order chi connectivity index (χ0) is 16.3. The Kier molecular flexibility index (Phi) is 5.38. The van der Waals surface area contributed by atoms with E-state index in [-0.39, 0.29) is 10.8 Å². The fraction of sp³-hybridized carbons (Fsp3) is 0.214. The van der Waals surface area contributed by atoms with Crippen LogP contribution in [-0.2, 0) is 16.4 Å². The molecule has 0 fully saturated rings. The lowest BCUT2D eigenvalue weighted by atomic mass is 10.3. The summed E-state index contributed by atoms with van der Waals surface area (Å²) in [7, 11) is -2.12. The van der Waals surface area contributed by atoms with E-state index in [0.717, 1.165) is 15.8 Å². The molecule has 5 nitrogen and oxygen atoms in total. The maximum atomic E-state index is 12.2. The number of hydrogen-bond donors (Lipinski definition) is 2. The molecular weight excluding hydrogens is 388 g/mol. The summed E-state index contributed by atoms with van der Waals surface area (Å²) in [5.41, 5.74) is 0.544. The lowest BCUT2D eigenvalue weighted by molar-refractivity contribution is 0.103. The van der Waals surface area contributed by atoms with E-state index in [9.17, 15) is 13.2 Å². The molecule has 22 heavy (non-hydrogen) atoms. The summed E-state index contributed by atoms with van der Waals surface area (Å²) in [6.07, 6.45) is 0.856. The molecule has 2 aromatic rings. The smallest absolute Gasteiger partial charge is 0.265 e. The molecule has 118 valence electrons. The van der Waals surface area contributed by atoms with Crippen LogP contribution < -0.4 is 10.0 Å². The second-order valence-corrected chi connectivity index (χ2v) is 8.30. The highest BCUT2D eigenvalue weighted by Crippen LogP contribution is 2.28. The van der Waals surface area contributed by atoms with Crippen molar-refractivity contribution in [2.75, 3.05) is 12.4 Å². The maximum Gasteiger partial charge on any atom is 0.265 e. The van der Waals surface area contributed by atoms with Crippen LogP contribution in [0.3, 0.4) is 0 Å². The van der Waals surface area contributed by atoms with Gasteiger partial charge in [-0.25, -0.2) is 13.1 Å². The van der Waals surface area contributed by atoms with Crippen molar-refractivity contribution in [3.05, 3.63) is 44.6 Å². The van der Waals surface area contributed by atoms with E-state index in [2.05, 4.69) is 26.0 Å². The lowest BCUT2D eigenvalue weighted by Crippen LogP contribution is -2.18. The van der Waals surface area contributed by atoms with Crippen LogP contribution >= 0.6 is 27.3 Å². The van der Waals surface area contributed by atoms with Gasteiger partial charge in [0.15, 0.2) is 0 Å². The first-order valence-corrected chi connectivity index (χ1v) is 9.59. The van der Waals surface area contributed by atoms with Gasteiger partial charge in [0.25, 0.3) is 5.91 Å². The fourth-order valence-electron chi connectivity index (χ4n) is 1.79.